The van der Waals surface area contributed by atoms with E-state index in [4.69, 9.17) is 5.73 Å². The first-order valence-electron chi connectivity index (χ1n) is 9.19. The molecule has 0 radical (unpaired) electrons. The highest BCUT2D eigenvalue weighted by Crippen LogP contribution is 2.39. The van der Waals surface area contributed by atoms with Crippen LogP contribution in [-0.2, 0) is 17.3 Å². The SMILES string of the molecule is CC(N)Sc1c(S(=O)c2ccccc2)c2ccccc2n1Cc1ccccc1. The fourth-order valence-corrected chi connectivity index (χ4v) is 5.82. The Morgan fingerprint density at radius 1 is 0.929 bits per heavy atom. The van der Waals surface area contributed by atoms with E-state index >= 15 is 0 Å². The molecule has 0 fully saturated rings. The maximum Gasteiger partial charge on any atom is 0.0945 e. The van der Waals surface area contributed by atoms with Crippen molar-refractivity contribution in [1.29, 1.82) is 0 Å². The molecule has 0 aliphatic rings. The van der Waals surface area contributed by atoms with Gasteiger partial charge in [0, 0.05) is 16.8 Å². The number of fused-ring (bicyclic) bond motifs is 1. The van der Waals surface area contributed by atoms with Crippen LogP contribution >= 0.6 is 11.8 Å². The normalized spacial score (nSPS) is 13.5. The Bertz CT molecular complexity index is 1110. The summed E-state index contributed by atoms with van der Waals surface area (Å²) in [5.41, 5.74) is 8.45. The Morgan fingerprint density at radius 2 is 1.54 bits per heavy atom. The minimum atomic E-state index is -1.28. The van der Waals surface area contributed by atoms with Crippen LogP contribution < -0.4 is 5.73 Å². The second-order valence-corrected chi connectivity index (χ2v) is 9.41. The topological polar surface area (TPSA) is 48.0 Å². The maximum atomic E-state index is 13.6. The van der Waals surface area contributed by atoms with Crippen LogP contribution in [0.3, 0.4) is 0 Å². The van der Waals surface area contributed by atoms with Gasteiger partial charge in [-0.05, 0) is 30.7 Å². The van der Waals surface area contributed by atoms with Gasteiger partial charge in [-0.3, -0.25) is 0 Å². The lowest BCUT2D eigenvalue weighted by molar-refractivity contribution is 0.677. The van der Waals surface area contributed by atoms with Gasteiger partial charge in [-0.2, -0.15) is 0 Å². The fraction of sp³-hybridized carbons (Fsp3) is 0.130. The van der Waals surface area contributed by atoms with E-state index in [2.05, 4.69) is 28.8 Å². The molecule has 0 bridgehead atoms. The molecule has 3 nitrogen and oxygen atoms in total. The van der Waals surface area contributed by atoms with Gasteiger partial charge in [0.25, 0.3) is 0 Å². The molecule has 3 aromatic carbocycles. The van der Waals surface area contributed by atoms with Crippen molar-refractivity contribution >= 4 is 33.5 Å². The molecule has 0 saturated carbocycles. The molecular formula is C23H22N2OS2. The number of nitrogens with two attached hydrogens (primary N) is 1. The molecule has 1 aromatic heterocycles. The van der Waals surface area contributed by atoms with E-state index < -0.39 is 10.8 Å². The van der Waals surface area contributed by atoms with Crippen molar-refractivity contribution in [2.75, 3.05) is 0 Å². The summed E-state index contributed by atoms with van der Waals surface area (Å²) in [6.45, 7) is 2.67. The minimum Gasteiger partial charge on any atom is -0.330 e. The van der Waals surface area contributed by atoms with Crippen LogP contribution in [-0.4, -0.2) is 14.1 Å². The van der Waals surface area contributed by atoms with E-state index in [1.165, 1.54) is 5.56 Å². The van der Waals surface area contributed by atoms with Gasteiger partial charge in [-0.25, -0.2) is 4.21 Å². The van der Waals surface area contributed by atoms with Gasteiger partial charge >= 0.3 is 0 Å². The third-order valence-electron chi connectivity index (χ3n) is 4.50. The highest BCUT2D eigenvalue weighted by atomic mass is 32.2. The molecule has 2 unspecified atom stereocenters. The Hall–Kier alpha value is -2.34. The van der Waals surface area contributed by atoms with Crippen LogP contribution in [0.2, 0.25) is 0 Å². The maximum absolute atomic E-state index is 13.6. The standard InChI is InChI=1S/C23H22N2OS2/c1-17(24)27-23-22(28(26)19-12-6-3-7-13-19)20-14-8-9-15-21(20)25(23)16-18-10-4-2-5-11-18/h2-15,17H,16,24H2,1H3. The van der Waals surface area contributed by atoms with Crippen LogP contribution in [0.4, 0.5) is 0 Å². The first-order valence-corrected chi connectivity index (χ1v) is 11.2. The first kappa shape index (κ1) is 19.0. The van der Waals surface area contributed by atoms with E-state index in [-0.39, 0.29) is 5.37 Å². The van der Waals surface area contributed by atoms with E-state index in [9.17, 15) is 4.21 Å². The lowest BCUT2D eigenvalue weighted by Crippen LogP contribution is -2.12. The summed E-state index contributed by atoms with van der Waals surface area (Å²) >= 11 is 1.57. The fourth-order valence-electron chi connectivity index (χ4n) is 3.31. The van der Waals surface area contributed by atoms with Gasteiger partial charge in [0.1, 0.15) is 0 Å². The predicted molar refractivity (Wildman–Crippen MR) is 118 cm³/mol. The van der Waals surface area contributed by atoms with E-state index in [1.54, 1.807) is 11.8 Å². The van der Waals surface area contributed by atoms with Crippen molar-refractivity contribution in [1.82, 2.24) is 4.57 Å². The zero-order valence-electron chi connectivity index (χ0n) is 15.6. The number of hydrogen-bond acceptors (Lipinski definition) is 3. The van der Waals surface area contributed by atoms with E-state index in [0.717, 1.165) is 25.7 Å². The molecule has 5 heteroatoms. The third kappa shape index (κ3) is 3.78. The largest absolute Gasteiger partial charge is 0.330 e. The van der Waals surface area contributed by atoms with Crippen LogP contribution in [0.5, 0.6) is 0 Å². The lowest BCUT2D eigenvalue weighted by atomic mass is 10.2. The number of thioether (sulfide) groups is 1. The number of para-hydroxylation sites is 1. The van der Waals surface area contributed by atoms with E-state index in [1.807, 2.05) is 67.6 Å². The van der Waals surface area contributed by atoms with Crippen LogP contribution in [0, 0.1) is 0 Å². The minimum absolute atomic E-state index is 0.106. The zero-order chi connectivity index (χ0) is 19.5. The number of hydrogen-bond donors (Lipinski definition) is 1. The molecule has 4 rings (SSSR count). The molecule has 4 aromatic rings. The van der Waals surface area contributed by atoms with Crippen molar-refractivity contribution < 1.29 is 4.21 Å². The number of aromatic nitrogens is 1. The summed E-state index contributed by atoms with van der Waals surface area (Å²) < 4.78 is 15.8. The van der Waals surface area contributed by atoms with Gasteiger partial charge in [0.15, 0.2) is 0 Å². The van der Waals surface area contributed by atoms with E-state index in [0.29, 0.717) is 6.54 Å². The average Bonchev–Trinajstić information content (AvgIpc) is 3.01. The molecule has 0 spiro atoms. The summed E-state index contributed by atoms with van der Waals surface area (Å²) in [4.78, 5) is 1.65. The predicted octanol–water partition coefficient (Wildman–Crippen LogP) is 5.25. The molecule has 2 atom stereocenters. The molecular weight excluding hydrogens is 384 g/mol. The number of benzene rings is 3. The first-order chi connectivity index (χ1) is 13.6. The van der Waals surface area contributed by atoms with Crippen LogP contribution in [0.1, 0.15) is 12.5 Å². The monoisotopic (exact) mass is 406 g/mol. The summed E-state index contributed by atoms with van der Waals surface area (Å²) in [6, 6.07) is 28.1. The summed E-state index contributed by atoms with van der Waals surface area (Å²) in [5.74, 6) is 0. The Kier molecular flexibility index (Phi) is 5.67. The van der Waals surface area contributed by atoms with Gasteiger partial charge in [0.05, 0.1) is 31.6 Å². The highest BCUT2D eigenvalue weighted by Gasteiger charge is 2.24. The molecule has 0 aliphatic heterocycles. The zero-order valence-corrected chi connectivity index (χ0v) is 17.2. The molecule has 0 saturated heterocycles. The van der Waals surface area contributed by atoms with Gasteiger partial charge in [-0.1, -0.05) is 78.5 Å². The molecule has 0 amide bonds. The smallest absolute Gasteiger partial charge is 0.0945 e. The van der Waals surface area contributed by atoms with Crippen molar-refractivity contribution in [2.45, 2.75) is 33.7 Å². The van der Waals surface area contributed by atoms with Gasteiger partial charge in [0.2, 0.25) is 0 Å². The number of rotatable bonds is 6. The average molecular weight is 407 g/mol. The van der Waals surface area contributed by atoms with Gasteiger partial charge in [-0.15, -0.1) is 0 Å². The Labute approximate surface area is 172 Å². The van der Waals surface area contributed by atoms with Crippen molar-refractivity contribution in [3.63, 3.8) is 0 Å². The molecule has 142 valence electrons. The molecule has 1 heterocycles. The Morgan fingerprint density at radius 3 is 2.21 bits per heavy atom. The van der Waals surface area contributed by atoms with Gasteiger partial charge < -0.3 is 10.3 Å². The second-order valence-electron chi connectivity index (χ2n) is 6.63. The highest BCUT2D eigenvalue weighted by molar-refractivity contribution is 8.00. The summed E-state index contributed by atoms with van der Waals surface area (Å²) in [6.07, 6.45) is 0. The van der Waals surface area contributed by atoms with Crippen LogP contribution in [0.25, 0.3) is 10.9 Å². The lowest BCUT2D eigenvalue weighted by Gasteiger charge is -2.14. The van der Waals surface area contributed by atoms with Crippen LogP contribution in [0.15, 0.2) is 99.7 Å². The quantitative estimate of drug-likeness (QED) is 0.351. The summed E-state index contributed by atoms with van der Waals surface area (Å²) in [5, 5.41) is 1.89. The Balaban J connectivity index is 1.94. The van der Waals surface area contributed by atoms with Crippen molar-refractivity contribution in [3.05, 3.63) is 90.5 Å². The summed E-state index contributed by atoms with van der Waals surface area (Å²) in [7, 11) is -1.28. The molecule has 2 N–H and O–H groups in total. The van der Waals surface area contributed by atoms with Crippen molar-refractivity contribution in [3.8, 4) is 0 Å². The second kappa shape index (κ2) is 8.35. The molecule has 0 aliphatic carbocycles. The van der Waals surface area contributed by atoms with Crippen molar-refractivity contribution in [2.24, 2.45) is 5.73 Å². The third-order valence-corrected chi connectivity index (χ3v) is 7.14. The molecule has 28 heavy (non-hydrogen) atoms. The number of nitrogens with zero attached hydrogens (tertiary/aromatic N) is 1.